The molecule has 3 unspecified atom stereocenters. The molecule has 1 amide bonds. The van der Waals surface area contributed by atoms with Crippen molar-refractivity contribution in [3.05, 3.63) is 52.5 Å². The number of carboxylic acids is 1. The first kappa shape index (κ1) is 24.9. The van der Waals surface area contributed by atoms with Crippen LogP contribution in [0.1, 0.15) is 22.3 Å². The average Bonchev–Trinajstić information content (AvgIpc) is 2.86. The Kier molecular flexibility index (Phi) is 7.88. The van der Waals surface area contributed by atoms with Crippen molar-refractivity contribution in [2.75, 3.05) is 33.0 Å². The Morgan fingerprint density at radius 2 is 2.09 bits per heavy atom. The molecule has 2 aromatic rings. The second kappa shape index (κ2) is 11.1. The van der Waals surface area contributed by atoms with Gasteiger partial charge in [0.15, 0.2) is 0 Å². The normalized spacial score (nSPS) is 21.8. The van der Waals surface area contributed by atoms with Gasteiger partial charge in [-0.15, -0.1) is 0 Å². The number of halogens is 1. The number of nitrogens with zero attached hydrogens (tertiary/aromatic N) is 2. The molecule has 0 spiro atoms. The van der Waals surface area contributed by atoms with Crippen molar-refractivity contribution in [3.63, 3.8) is 0 Å². The molecule has 0 aromatic heterocycles. The minimum absolute atomic E-state index is 0.0123. The molecule has 184 valence electrons. The summed E-state index contributed by atoms with van der Waals surface area (Å²) in [4.78, 5) is 26.3. The topological polar surface area (TPSA) is 135 Å². The summed E-state index contributed by atoms with van der Waals surface area (Å²) in [5, 5.41) is 35.0. The summed E-state index contributed by atoms with van der Waals surface area (Å²) in [7, 11) is 0. The fourth-order valence-corrected chi connectivity index (χ4v) is 4.76. The van der Waals surface area contributed by atoms with Crippen molar-refractivity contribution in [1.82, 2.24) is 15.5 Å². The van der Waals surface area contributed by atoms with Crippen molar-refractivity contribution in [2.45, 2.75) is 24.9 Å². The van der Waals surface area contributed by atoms with Gasteiger partial charge >= 0.3 is 5.97 Å². The van der Waals surface area contributed by atoms with Crippen LogP contribution < -0.4 is 15.4 Å². The number of amides is 1. The second-order valence-corrected chi connectivity index (χ2v) is 9.13. The highest BCUT2D eigenvalue weighted by atomic mass is 35.5. The Labute approximate surface area is 208 Å². The lowest BCUT2D eigenvalue weighted by atomic mass is 9.86. The van der Waals surface area contributed by atoms with Crippen LogP contribution in [0.5, 0.6) is 5.75 Å². The van der Waals surface area contributed by atoms with Gasteiger partial charge in [-0.1, -0.05) is 17.7 Å². The van der Waals surface area contributed by atoms with Crippen molar-refractivity contribution in [1.29, 1.82) is 5.26 Å². The molecule has 3 atom stereocenters. The molecule has 2 heterocycles. The van der Waals surface area contributed by atoms with Crippen LogP contribution >= 0.6 is 11.6 Å². The summed E-state index contributed by atoms with van der Waals surface area (Å²) >= 11 is 6.23. The monoisotopic (exact) mass is 498 g/mol. The molecular formula is C25H27ClN4O5. The number of carbonyl (C=O) groups is 2. The third kappa shape index (κ3) is 5.74. The van der Waals surface area contributed by atoms with Crippen LogP contribution in [0, 0.1) is 17.2 Å². The van der Waals surface area contributed by atoms with Gasteiger partial charge in [-0.25, -0.2) is 4.79 Å². The lowest BCUT2D eigenvalue weighted by Gasteiger charge is -2.42. The van der Waals surface area contributed by atoms with Gasteiger partial charge < -0.3 is 25.2 Å². The summed E-state index contributed by atoms with van der Waals surface area (Å²) in [5.41, 5.74) is 2.03. The molecule has 10 heteroatoms. The van der Waals surface area contributed by atoms with Crippen molar-refractivity contribution >= 4 is 23.5 Å². The van der Waals surface area contributed by atoms with Crippen molar-refractivity contribution in [3.8, 4) is 22.9 Å². The van der Waals surface area contributed by atoms with Crippen LogP contribution in [0.15, 0.2) is 36.4 Å². The average molecular weight is 499 g/mol. The number of nitriles is 1. The zero-order chi connectivity index (χ0) is 24.9. The molecule has 2 fully saturated rings. The molecule has 4 N–H and O–H groups in total. The van der Waals surface area contributed by atoms with Gasteiger partial charge in [-0.05, 0) is 54.3 Å². The van der Waals surface area contributed by atoms with E-state index in [4.69, 9.17) is 16.3 Å². The van der Waals surface area contributed by atoms with Crippen LogP contribution in [0.25, 0.3) is 11.1 Å². The highest BCUT2D eigenvalue weighted by Gasteiger charge is 2.40. The Morgan fingerprint density at radius 1 is 1.26 bits per heavy atom. The fraction of sp³-hybridized carbons (Fsp3) is 0.400. The van der Waals surface area contributed by atoms with E-state index in [1.54, 1.807) is 29.2 Å². The van der Waals surface area contributed by atoms with E-state index in [9.17, 15) is 25.1 Å². The third-order valence-electron chi connectivity index (χ3n) is 6.40. The van der Waals surface area contributed by atoms with Crippen LogP contribution in [-0.2, 0) is 11.2 Å². The number of aromatic carboxylic acids is 1. The minimum Gasteiger partial charge on any atom is -0.491 e. The maximum Gasteiger partial charge on any atom is 0.335 e. The molecule has 9 nitrogen and oxygen atoms in total. The summed E-state index contributed by atoms with van der Waals surface area (Å²) in [6, 6.07) is 11.9. The maximum absolute atomic E-state index is 13.0. The summed E-state index contributed by atoms with van der Waals surface area (Å²) in [5.74, 6) is -0.794. The zero-order valence-corrected chi connectivity index (χ0v) is 19.8. The Hall–Kier alpha value is -3.16. The van der Waals surface area contributed by atoms with E-state index < -0.39 is 5.97 Å². The summed E-state index contributed by atoms with van der Waals surface area (Å²) in [6.45, 7) is 1.46. The van der Waals surface area contributed by atoms with E-state index >= 15 is 0 Å². The van der Waals surface area contributed by atoms with Gasteiger partial charge in [-0.3, -0.25) is 10.1 Å². The highest BCUT2D eigenvalue weighted by Crippen LogP contribution is 2.34. The van der Waals surface area contributed by atoms with E-state index in [0.717, 1.165) is 0 Å². The molecule has 0 bridgehead atoms. The number of piperidine rings is 1. The molecule has 2 aliphatic heterocycles. The molecule has 2 saturated heterocycles. The Bertz CT molecular complexity index is 1150. The Morgan fingerprint density at radius 3 is 2.83 bits per heavy atom. The zero-order valence-electron chi connectivity index (χ0n) is 19.0. The molecular weight excluding hydrogens is 472 g/mol. The molecule has 2 aromatic carbocycles. The number of hydrogen-bond donors (Lipinski definition) is 4. The number of aliphatic hydroxyl groups excluding tert-OH is 1. The van der Waals surface area contributed by atoms with E-state index in [0.29, 0.717) is 60.1 Å². The number of fused-ring (bicyclic) bond motifs is 1. The number of nitrogens with one attached hydrogen (secondary N) is 2. The first-order valence-corrected chi connectivity index (χ1v) is 11.8. The van der Waals surface area contributed by atoms with Crippen LogP contribution in [0.3, 0.4) is 0 Å². The van der Waals surface area contributed by atoms with Crippen molar-refractivity contribution < 1.29 is 24.5 Å². The largest absolute Gasteiger partial charge is 0.491 e. The van der Waals surface area contributed by atoms with Gasteiger partial charge in [0.05, 0.1) is 36.8 Å². The molecule has 0 radical (unpaired) electrons. The second-order valence-electron chi connectivity index (χ2n) is 8.69. The molecule has 2 aliphatic rings. The lowest BCUT2D eigenvalue weighted by molar-refractivity contribution is -0.142. The predicted octanol–water partition coefficient (Wildman–Crippen LogP) is 1.88. The number of hydrogen-bond acceptors (Lipinski definition) is 7. The standard InChI is InChI=1S/C25H27ClN4O5/c26-18-1-2-23(20(10-18)16-7-15(3-5-31)8-17(9-16)25(33)34)35-6-4-30-14-29-22-13-28-19(12-27)11-21(22)24(30)32/h1-2,7-10,19,21-22,28-29,31H,3-6,11,13-14H2,(H,33,34). The van der Waals surface area contributed by atoms with Gasteiger partial charge in [0.1, 0.15) is 12.4 Å². The number of rotatable bonds is 8. The molecule has 35 heavy (non-hydrogen) atoms. The highest BCUT2D eigenvalue weighted by molar-refractivity contribution is 6.31. The van der Waals surface area contributed by atoms with Gasteiger partial charge in [0.2, 0.25) is 5.91 Å². The third-order valence-corrected chi connectivity index (χ3v) is 6.64. The summed E-state index contributed by atoms with van der Waals surface area (Å²) < 4.78 is 6.03. The van der Waals surface area contributed by atoms with Gasteiger partial charge in [0, 0.05) is 29.8 Å². The predicted molar refractivity (Wildman–Crippen MR) is 129 cm³/mol. The Balaban J connectivity index is 1.49. The van der Waals surface area contributed by atoms with Crippen LogP contribution in [-0.4, -0.2) is 72.0 Å². The van der Waals surface area contributed by atoms with Crippen LogP contribution in [0.4, 0.5) is 0 Å². The molecule has 0 saturated carbocycles. The number of benzene rings is 2. The number of aliphatic hydroxyl groups is 1. The number of carboxylic acid groups (broad SMARTS) is 1. The molecule has 4 rings (SSSR count). The fourth-order valence-electron chi connectivity index (χ4n) is 4.59. The SMILES string of the molecule is N#CC1CC2C(=O)N(CCOc3ccc(Cl)cc3-c3cc(CCO)cc(C(=O)O)c3)CNC2CN1. The van der Waals surface area contributed by atoms with Crippen molar-refractivity contribution in [2.24, 2.45) is 5.92 Å². The van der Waals surface area contributed by atoms with Gasteiger partial charge in [-0.2, -0.15) is 5.26 Å². The van der Waals surface area contributed by atoms with E-state index in [-0.39, 0.29) is 42.7 Å². The smallest absolute Gasteiger partial charge is 0.335 e. The lowest BCUT2D eigenvalue weighted by Crippen LogP contribution is -2.64. The maximum atomic E-state index is 13.0. The van der Waals surface area contributed by atoms with Crippen LogP contribution in [0.2, 0.25) is 5.02 Å². The number of ether oxygens (including phenoxy) is 1. The van der Waals surface area contributed by atoms with E-state index in [1.807, 2.05) is 6.07 Å². The van der Waals surface area contributed by atoms with E-state index in [2.05, 4.69) is 16.7 Å². The quantitative estimate of drug-likeness (QED) is 0.433. The van der Waals surface area contributed by atoms with E-state index in [1.165, 1.54) is 6.07 Å². The summed E-state index contributed by atoms with van der Waals surface area (Å²) in [6.07, 6.45) is 0.793. The first-order chi connectivity index (χ1) is 16.9. The first-order valence-electron chi connectivity index (χ1n) is 11.5. The number of carbonyl (C=O) groups excluding carboxylic acids is 1. The minimum atomic E-state index is -1.07. The molecule has 0 aliphatic carbocycles. The van der Waals surface area contributed by atoms with Gasteiger partial charge in [0.25, 0.3) is 0 Å².